The van der Waals surface area contributed by atoms with Crippen molar-refractivity contribution in [3.63, 3.8) is 0 Å². The first-order chi connectivity index (χ1) is 17.3. The number of hydrogen-bond acceptors (Lipinski definition) is 6. The zero-order valence-electron chi connectivity index (χ0n) is 19.5. The quantitative estimate of drug-likeness (QED) is 0.415. The molecule has 0 aliphatic carbocycles. The van der Waals surface area contributed by atoms with Crippen molar-refractivity contribution in [2.45, 2.75) is 37.6 Å². The van der Waals surface area contributed by atoms with Crippen LogP contribution in [0, 0.1) is 0 Å². The van der Waals surface area contributed by atoms with E-state index >= 15 is 0 Å². The molecule has 10 heteroatoms. The largest absolute Gasteiger partial charge is 0.508 e. The molecule has 36 heavy (non-hydrogen) atoms. The molecule has 188 valence electrons. The van der Waals surface area contributed by atoms with Gasteiger partial charge in [-0.25, -0.2) is 4.98 Å². The maximum absolute atomic E-state index is 12.8. The number of carbonyl (C=O) groups is 3. The first-order valence-corrected chi connectivity index (χ1v) is 12.9. The summed E-state index contributed by atoms with van der Waals surface area (Å²) < 4.78 is 0. The molecule has 0 saturated carbocycles. The number of aromatic nitrogens is 1. The number of thiazole rings is 1. The molecule has 4 rings (SSSR count). The van der Waals surface area contributed by atoms with Crippen molar-refractivity contribution >= 4 is 40.7 Å². The Hall–Kier alpha value is -3.43. The Bertz CT molecular complexity index is 1240. The van der Waals surface area contributed by atoms with Crippen molar-refractivity contribution < 1.29 is 19.5 Å². The summed E-state index contributed by atoms with van der Waals surface area (Å²) in [5.41, 5.74) is 7.31. The normalized spacial score (nSPS) is 14.9. The van der Waals surface area contributed by atoms with Crippen LogP contribution in [0.1, 0.15) is 45.4 Å². The van der Waals surface area contributed by atoms with Crippen LogP contribution in [0.4, 0.5) is 0 Å². The number of phenols is 1. The summed E-state index contributed by atoms with van der Waals surface area (Å²) in [4.78, 5) is 43.8. The summed E-state index contributed by atoms with van der Waals surface area (Å²) in [7, 11) is 0. The molecular weight excluding hydrogens is 500 g/mol. The van der Waals surface area contributed by atoms with E-state index in [4.69, 9.17) is 17.3 Å². The monoisotopic (exact) mass is 526 g/mol. The number of hydrogen-bond donors (Lipinski definition) is 3. The molecule has 0 radical (unpaired) electrons. The fourth-order valence-electron chi connectivity index (χ4n) is 4.19. The predicted molar refractivity (Wildman–Crippen MR) is 138 cm³/mol. The Labute approximate surface area is 218 Å². The number of nitrogens with one attached hydrogen (secondary N) is 1. The van der Waals surface area contributed by atoms with E-state index in [1.54, 1.807) is 23.6 Å². The highest BCUT2D eigenvalue weighted by Crippen LogP contribution is 2.31. The zero-order chi connectivity index (χ0) is 25.7. The molecule has 3 amide bonds. The van der Waals surface area contributed by atoms with Crippen LogP contribution in [0.15, 0.2) is 53.9 Å². The summed E-state index contributed by atoms with van der Waals surface area (Å²) in [6, 6.07) is 12.8. The number of phenolic OH excluding ortho intramolecular Hbond substituents is 1. The third-order valence-corrected chi connectivity index (χ3v) is 7.65. The number of piperidine rings is 1. The van der Waals surface area contributed by atoms with Crippen LogP contribution >= 0.6 is 22.9 Å². The summed E-state index contributed by atoms with van der Waals surface area (Å²) in [5.74, 6) is -0.797. The standard InChI is InChI=1S/C26H27ClN4O4S/c27-20-4-2-1-3-18(20)14-23(33)31-11-9-17(10-12-31)26-30-22(15-36-26)25(35)29-21(24(28)34)13-16-5-7-19(32)8-6-16/h1-8,15,17,21,32H,9-14H2,(H2,28,34)(H,29,35). The second-order valence-electron chi connectivity index (χ2n) is 8.79. The zero-order valence-corrected chi connectivity index (χ0v) is 21.1. The Morgan fingerprint density at radius 3 is 2.50 bits per heavy atom. The minimum Gasteiger partial charge on any atom is -0.508 e. The maximum Gasteiger partial charge on any atom is 0.271 e. The smallest absolute Gasteiger partial charge is 0.271 e. The van der Waals surface area contributed by atoms with Gasteiger partial charge in [-0.1, -0.05) is 41.9 Å². The molecule has 1 unspecified atom stereocenters. The van der Waals surface area contributed by atoms with Crippen molar-refractivity contribution in [1.29, 1.82) is 0 Å². The second-order valence-corrected chi connectivity index (χ2v) is 10.1. The minimum absolute atomic E-state index is 0.0480. The highest BCUT2D eigenvalue weighted by atomic mass is 35.5. The van der Waals surface area contributed by atoms with Crippen LogP contribution in [0.5, 0.6) is 5.75 Å². The van der Waals surface area contributed by atoms with Gasteiger partial charge >= 0.3 is 0 Å². The van der Waals surface area contributed by atoms with Gasteiger partial charge in [0.25, 0.3) is 5.91 Å². The van der Waals surface area contributed by atoms with E-state index in [2.05, 4.69) is 10.3 Å². The molecule has 1 aliphatic heterocycles. The van der Waals surface area contributed by atoms with Crippen molar-refractivity contribution in [3.8, 4) is 5.75 Å². The summed E-state index contributed by atoms with van der Waals surface area (Å²) in [6.07, 6.45) is 2.00. The first-order valence-electron chi connectivity index (χ1n) is 11.6. The molecule has 1 aliphatic rings. The second kappa shape index (κ2) is 11.5. The van der Waals surface area contributed by atoms with Gasteiger partial charge in [-0.15, -0.1) is 11.3 Å². The molecular formula is C26H27ClN4O4S. The number of benzene rings is 2. The highest BCUT2D eigenvalue weighted by molar-refractivity contribution is 7.09. The molecule has 2 aromatic carbocycles. The van der Waals surface area contributed by atoms with E-state index in [0.717, 1.165) is 29.0 Å². The number of amides is 3. The van der Waals surface area contributed by atoms with Gasteiger partial charge in [0.1, 0.15) is 17.5 Å². The van der Waals surface area contributed by atoms with Crippen molar-refractivity contribution in [2.75, 3.05) is 13.1 Å². The van der Waals surface area contributed by atoms with E-state index in [-0.39, 0.29) is 36.1 Å². The Morgan fingerprint density at radius 1 is 1.14 bits per heavy atom. The van der Waals surface area contributed by atoms with Gasteiger partial charge in [-0.3, -0.25) is 14.4 Å². The summed E-state index contributed by atoms with van der Waals surface area (Å²) >= 11 is 7.59. The lowest BCUT2D eigenvalue weighted by atomic mass is 9.97. The van der Waals surface area contributed by atoms with Crippen LogP contribution in [0.2, 0.25) is 5.02 Å². The summed E-state index contributed by atoms with van der Waals surface area (Å²) in [5, 5.41) is 15.2. The van der Waals surface area contributed by atoms with Crippen LogP contribution in [0.25, 0.3) is 0 Å². The fourth-order valence-corrected chi connectivity index (χ4v) is 5.37. The Kier molecular flexibility index (Phi) is 8.22. The lowest BCUT2D eigenvalue weighted by Gasteiger charge is -2.31. The Morgan fingerprint density at radius 2 is 1.83 bits per heavy atom. The molecule has 1 fully saturated rings. The van der Waals surface area contributed by atoms with Gasteiger partial charge in [-0.2, -0.15) is 0 Å². The van der Waals surface area contributed by atoms with E-state index in [1.165, 1.54) is 23.5 Å². The number of halogens is 1. The molecule has 1 atom stereocenters. The fraction of sp³-hybridized carbons (Fsp3) is 0.308. The number of nitrogens with two attached hydrogens (primary N) is 1. The summed E-state index contributed by atoms with van der Waals surface area (Å²) in [6.45, 7) is 1.23. The number of aromatic hydroxyl groups is 1. The molecule has 1 saturated heterocycles. The average Bonchev–Trinajstić information content (AvgIpc) is 3.37. The van der Waals surface area contributed by atoms with Crippen LogP contribution < -0.4 is 11.1 Å². The lowest BCUT2D eigenvalue weighted by molar-refractivity contribution is -0.131. The van der Waals surface area contributed by atoms with Crippen molar-refractivity contribution in [3.05, 3.63) is 80.8 Å². The van der Waals surface area contributed by atoms with Crippen LogP contribution in [-0.2, 0) is 22.4 Å². The molecule has 0 spiro atoms. The van der Waals surface area contributed by atoms with Crippen molar-refractivity contribution in [2.24, 2.45) is 5.73 Å². The van der Waals surface area contributed by atoms with Crippen LogP contribution in [-0.4, -0.2) is 51.8 Å². The topological polar surface area (TPSA) is 126 Å². The molecule has 2 heterocycles. The number of nitrogens with zero attached hydrogens (tertiary/aromatic N) is 2. The van der Waals surface area contributed by atoms with E-state index in [1.807, 2.05) is 23.1 Å². The number of rotatable bonds is 8. The maximum atomic E-state index is 12.8. The van der Waals surface area contributed by atoms with E-state index in [0.29, 0.717) is 18.1 Å². The van der Waals surface area contributed by atoms with Crippen molar-refractivity contribution in [1.82, 2.24) is 15.2 Å². The van der Waals surface area contributed by atoms with Gasteiger partial charge in [0.15, 0.2) is 0 Å². The van der Waals surface area contributed by atoms with Gasteiger partial charge in [0.2, 0.25) is 11.8 Å². The number of primary amides is 1. The van der Waals surface area contributed by atoms with Gasteiger partial charge in [0.05, 0.1) is 11.4 Å². The predicted octanol–water partition coefficient (Wildman–Crippen LogP) is 3.28. The Balaban J connectivity index is 1.31. The number of likely N-dealkylation sites (tertiary alicyclic amines) is 1. The lowest BCUT2D eigenvalue weighted by Crippen LogP contribution is -2.46. The van der Waals surface area contributed by atoms with Gasteiger partial charge in [0, 0.05) is 35.8 Å². The van der Waals surface area contributed by atoms with E-state index in [9.17, 15) is 19.5 Å². The first kappa shape index (κ1) is 25.7. The molecule has 8 nitrogen and oxygen atoms in total. The third-order valence-electron chi connectivity index (χ3n) is 6.28. The molecule has 1 aromatic heterocycles. The molecule has 0 bridgehead atoms. The third kappa shape index (κ3) is 6.41. The van der Waals surface area contributed by atoms with Gasteiger partial charge < -0.3 is 21.1 Å². The molecule has 3 aromatic rings. The minimum atomic E-state index is -0.903. The van der Waals surface area contributed by atoms with Crippen LogP contribution in [0.3, 0.4) is 0 Å². The van der Waals surface area contributed by atoms with E-state index < -0.39 is 17.9 Å². The molecule has 4 N–H and O–H groups in total. The van der Waals surface area contributed by atoms with Gasteiger partial charge in [-0.05, 0) is 42.2 Å². The SMILES string of the molecule is NC(=O)C(Cc1ccc(O)cc1)NC(=O)c1csc(C2CCN(C(=O)Cc3ccccc3Cl)CC2)n1. The number of carbonyl (C=O) groups excluding carboxylic acids is 3. The highest BCUT2D eigenvalue weighted by Gasteiger charge is 2.27. The average molecular weight is 527 g/mol.